The number of carbonyl (C=O) groups excluding carboxylic acids is 1. The molecule has 0 aliphatic rings. The van der Waals surface area contributed by atoms with Gasteiger partial charge in [-0.25, -0.2) is 0 Å². The number of ether oxygens (including phenoxy) is 1. The number of para-hydroxylation sites is 2. The SMILES string of the molecule is COc1ccccc1NC(=O)c1ccc(Cc2ccc(C)cc2)o1. The Balaban J connectivity index is 1.70. The van der Waals surface area contributed by atoms with Crippen molar-refractivity contribution >= 4 is 11.6 Å². The first-order chi connectivity index (χ1) is 11.7. The van der Waals surface area contributed by atoms with E-state index in [2.05, 4.69) is 36.5 Å². The van der Waals surface area contributed by atoms with Gasteiger partial charge in [-0.15, -0.1) is 0 Å². The lowest BCUT2D eigenvalue weighted by Gasteiger charge is -2.08. The summed E-state index contributed by atoms with van der Waals surface area (Å²) in [6.45, 7) is 2.05. The lowest BCUT2D eigenvalue weighted by Crippen LogP contribution is -2.11. The maximum Gasteiger partial charge on any atom is 0.291 e. The molecule has 0 radical (unpaired) electrons. The molecule has 4 nitrogen and oxygen atoms in total. The van der Waals surface area contributed by atoms with Crippen LogP contribution in [-0.2, 0) is 6.42 Å². The molecular formula is C20H19NO3. The Hall–Kier alpha value is -3.01. The van der Waals surface area contributed by atoms with Crippen LogP contribution in [0.2, 0.25) is 0 Å². The molecular weight excluding hydrogens is 302 g/mol. The van der Waals surface area contributed by atoms with Gasteiger partial charge in [0.1, 0.15) is 11.5 Å². The minimum atomic E-state index is -0.297. The van der Waals surface area contributed by atoms with Crippen molar-refractivity contribution in [1.29, 1.82) is 0 Å². The van der Waals surface area contributed by atoms with Crippen LogP contribution >= 0.6 is 0 Å². The number of methoxy groups -OCH3 is 1. The van der Waals surface area contributed by atoms with E-state index in [9.17, 15) is 4.79 Å². The van der Waals surface area contributed by atoms with Gasteiger partial charge in [0, 0.05) is 6.42 Å². The molecule has 0 fully saturated rings. The average Bonchev–Trinajstić information content (AvgIpc) is 3.06. The van der Waals surface area contributed by atoms with Gasteiger partial charge in [0.2, 0.25) is 0 Å². The van der Waals surface area contributed by atoms with Crippen LogP contribution in [-0.4, -0.2) is 13.0 Å². The summed E-state index contributed by atoms with van der Waals surface area (Å²) in [5.41, 5.74) is 2.98. The summed E-state index contributed by atoms with van der Waals surface area (Å²) in [4.78, 5) is 12.3. The van der Waals surface area contributed by atoms with E-state index in [-0.39, 0.29) is 11.7 Å². The number of hydrogen-bond donors (Lipinski definition) is 1. The van der Waals surface area contributed by atoms with Crippen molar-refractivity contribution in [3.8, 4) is 5.75 Å². The van der Waals surface area contributed by atoms with Gasteiger partial charge in [-0.1, -0.05) is 42.0 Å². The van der Waals surface area contributed by atoms with Crippen molar-refractivity contribution in [2.45, 2.75) is 13.3 Å². The number of furan rings is 1. The molecule has 2 aromatic carbocycles. The Morgan fingerprint density at radius 2 is 1.79 bits per heavy atom. The largest absolute Gasteiger partial charge is 0.495 e. The molecule has 1 heterocycles. The van der Waals surface area contributed by atoms with Crippen LogP contribution in [0.25, 0.3) is 0 Å². The van der Waals surface area contributed by atoms with Crippen molar-refractivity contribution in [1.82, 2.24) is 0 Å². The van der Waals surface area contributed by atoms with Crippen LogP contribution < -0.4 is 10.1 Å². The van der Waals surface area contributed by atoms with E-state index in [1.807, 2.05) is 18.2 Å². The Kier molecular flexibility index (Phi) is 4.66. The lowest BCUT2D eigenvalue weighted by molar-refractivity contribution is 0.0994. The van der Waals surface area contributed by atoms with Crippen molar-refractivity contribution in [2.24, 2.45) is 0 Å². The Morgan fingerprint density at radius 3 is 2.54 bits per heavy atom. The quantitative estimate of drug-likeness (QED) is 0.756. The Morgan fingerprint density at radius 1 is 1.04 bits per heavy atom. The van der Waals surface area contributed by atoms with Gasteiger partial charge >= 0.3 is 0 Å². The van der Waals surface area contributed by atoms with Crippen LogP contribution in [0.4, 0.5) is 5.69 Å². The zero-order valence-corrected chi connectivity index (χ0v) is 13.7. The Bertz CT molecular complexity index is 834. The zero-order valence-electron chi connectivity index (χ0n) is 13.7. The minimum absolute atomic E-state index is 0.281. The van der Waals surface area contributed by atoms with Gasteiger partial charge in [0.05, 0.1) is 12.8 Å². The zero-order chi connectivity index (χ0) is 16.9. The molecule has 0 bridgehead atoms. The fraction of sp³-hybridized carbons (Fsp3) is 0.150. The number of hydrogen-bond acceptors (Lipinski definition) is 3. The molecule has 122 valence electrons. The van der Waals surface area contributed by atoms with Gasteiger partial charge in [-0.3, -0.25) is 4.79 Å². The number of anilines is 1. The van der Waals surface area contributed by atoms with Crippen molar-refractivity contribution in [3.05, 3.63) is 83.3 Å². The van der Waals surface area contributed by atoms with Gasteiger partial charge in [-0.05, 0) is 36.8 Å². The third-order valence-corrected chi connectivity index (χ3v) is 3.74. The average molecular weight is 321 g/mol. The van der Waals surface area contributed by atoms with E-state index >= 15 is 0 Å². The van der Waals surface area contributed by atoms with Gasteiger partial charge < -0.3 is 14.5 Å². The molecule has 3 aromatic rings. The molecule has 1 N–H and O–H groups in total. The highest BCUT2D eigenvalue weighted by Crippen LogP contribution is 2.24. The molecule has 24 heavy (non-hydrogen) atoms. The summed E-state index contributed by atoms with van der Waals surface area (Å²) in [5, 5.41) is 2.80. The summed E-state index contributed by atoms with van der Waals surface area (Å²) in [6, 6.07) is 19.0. The lowest BCUT2D eigenvalue weighted by atomic mass is 10.1. The van der Waals surface area contributed by atoms with Crippen LogP contribution in [0, 0.1) is 6.92 Å². The third-order valence-electron chi connectivity index (χ3n) is 3.74. The molecule has 3 rings (SSSR count). The fourth-order valence-electron chi connectivity index (χ4n) is 2.43. The normalized spacial score (nSPS) is 10.4. The molecule has 0 saturated heterocycles. The highest BCUT2D eigenvalue weighted by atomic mass is 16.5. The smallest absolute Gasteiger partial charge is 0.291 e. The molecule has 4 heteroatoms. The highest BCUT2D eigenvalue weighted by molar-refractivity contribution is 6.03. The van der Waals surface area contributed by atoms with E-state index < -0.39 is 0 Å². The summed E-state index contributed by atoms with van der Waals surface area (Å²) in [6.07, 6.45) is 0.655. The molecule has 0 atom stereocenters. The number of benzene rings is 2. The highest BCUT2D eigenvalue weighted by Gasteiger charge is 2.13. The molecule has 0 unspecified atom stereocenters. The second-order valence-electron chi connectivity index (χ2n) is 5.58. The van der Waals surface area contributed by atoms with Crippen LogP contribution in [0.1, 0.15) is 27.4 Å². The van der Waals surface area contributed by atoms with Crippen LogP contribution in [0.15, 0.2) is 65.1 Å². The summed E-state index contributed by atoms with van der Waals surface area (Å²) in [5.74, 6) is 1.35. The van der Waals surface area contributed by atoms with Crippen molar-refractivity contribution in [2.75, 3.05) is 12.4 Å². The first-order valence-corrected chi connectivity index (χ1v) is 7.74. The van der Waals surface area contributed by atoms with Crippen molar-refractivity contribution < 1.29 is 13.9 Å². The summed E-state index contributed by atoms with van der Waals surface area (Å²) < 4.78 is 10.9. The predicted octanol–water partition coefficient (Wildman–Crippen LogP) is 4.44. The Labute approximate surface area is 141 Å². The third kappa shape index (κ3) is 3.66. The first-order valence-electron chi connectivity index (χ1n) is 7.74. The number of aryl methyl sites for hydroxylation is 1. The van der Waals surface area contributed by atoms with Crippen LogP contribution in [0.3, 0.4) is 0 Å². The standard InChI is InChI=1S/C20H19NO3/c1-14-7-9-15(10-8-14)13-16-11-12-19(24-16)20(22)21-17-5-3-4-6-18(17)23-2/h3-12H,13H2,1-2H3,(H,21,22). The molecule has 1 aromatic heterocycles. The topological polar surface area (TPSA) is 51.5 Å². The second-order valence-corrected chi connectivity index (χ2v) is 5.58. The minimum Gasteiger partial charge on any atom is -0.495 e. The fourth-order valence-corrected chi connectivity index (χ4v) is 2.43. The van der Waals surface area contributed by atoms with E-state index in [1.165, 1.54) is 5.56 Å². The number of amides is 1. The predicted molar refractivity (Wildman–Crippen MR) is 93.6 cm³/mol. The maximum atomic E-state index is 12.3. The van der Waals surface area contributed by atoms with E-state index in [0.717, 1.165) is 11.3 Å². The van der Waals surface area contributed by atoms with Crippen LogP contribution in [0.5, 0.6) is 5.75 Å². The van der Waals surface area contributed by atoms with Gasteiger partial charge in [0.25, 0.3) is 5.91 Å². The molecule has 0 aliphatic heterocycles. The molecule has 0 spiro atoms. The van der Waals surface area contributed by atoms with Gasteiger partial charge in [-0.2, -0.15) is 0 Å². The second kappa shape index (κ2) is 7.04. The van der Waals surface area contributed by atoms with E-state index in [4.69, 9.17) is 9.15 Å². The number of nitrogens with one attached hydrogen (secondary N) is 1. The molecule has 0 aliphatic carbocycles. The molecule has 0 saturated carbocycles. The molecule has 1 amide bonds. The first kappa shape index (κ1) is 15.9. The summed E-state index contributed by atoms with van der Waals surface area (Å²) >= 11 is 0. The monoisotopic (exact) mass is 321 g/mol. The summed E-state index contributed by atoms with van der Waals surface area (Å²) in [7, 11) is 1.57. The maximum absolute atomic E-state index is 12.3. The van der Waals surface area contributed by atoms with Crippen molar-refractivity contribution in [3.63, 3.8) is 0 Å². The van der Waals surface area contributed by atoms with Gasteiger partial charge in [0.15, 0.2) is 5.76 Å². The van der Waals surface area contributed by atoms with E-state index in [0.29, 0.717) is 17.9 Å². The number of rotatable bonds is 5. The van der Waals surface area contributed by atoms with E-state index in [1.54, 1.807) is 25.3 Å². The number of carbonyl (C=O) groups is 1.